The quantitative estimate of drug-likeness (QED) is 0.637. The highest BCUT2D eigenvalue weighted by Gasteiger charge is 2.12. The first-order valence-electron chi connectivity index (χ1n) is 8.59. The van der Waals surface area contributed by atoms with Crippen molar-refractivity contribution in [2.24, 2.45) is 0 Å². The highest BCUT2D eigenvalue weighted by molar-refractivity contribution is 5.93. The van der Waals surface area contributed by atoms with Gasteiger partial charge in [-0.05, 0) is 43.5 Å². The van der Waals surface area contributed by atoms with Gasteiger partial charge in [-0.15, -0.1) is 0 Å². The van der Waals surface area contributed by atoms with Crippen LogP contribution in [-0.4, -0.2) is 27.6 Å². The number of aryl methyl sites for hydroxylation is 2. The third-order valence-corrected chi connectivity index (χ3v) is 4.37. The first kappa shape index (κ1) is 17.8. The summed E-state index contributed by atoms with van der Waals surface area (Å²) in [4.78, 5) is 16.3. The van der Waals surface area contributed by atoms with Crippen molar-refractivity contribution in [1.29, 1.82) is 0 Å². The third kappa shape index (κ3) is 4.15. The normalized spacial score (nSPS) is 12.0. The number of hydrogen-bond acceptors (Lipinski definition) is 4. The smallest absolute Gasteiger partial charge is 0.238 e. The molecule has 1 amide bonds. The predicted octanol–water partition coefficient (Wildman–Crippen LogP) is 3.38. The number of pyridine rings is 1. The van der Waals surface area contributed by atoms with Crippen LogP contribution < -0.4 is 10.6 Å². The molecule has 0 radical (unpaired) electrons. The predicted molar refractivity (Wildman–Crippen MR) is 103 cm³/mol. The van der Waals surface area contributed by atoms with Gasteiger partial charge in [0.2, 0.25) is 5.91 Å². The van der Waals surface area contributed by atoms with Crippen LogP contribution >= 0.6 is 0 Å². The highest BCUT2D eigenvalue weighted by Crippen LogP contribution is 2.21. The standard InChI is InChI=1S/C20H23N5O/c1-13(22-12-19(26)23-20-14(2)24-25-15(20)3)16-6-8-17(9-7-16)18-5-4-10-21-11-18/h4-11,13,22H,12H2,1-3H3,(H,23,26)(H,24,25). The Balaban J connectivity index is 1.56. The van der Waals surface area contributed by atoms with E-state index in [1.54, 1.807) is 6.20 Å². The zero-order chi connectivity index (χ0) is 18.5. The number of hydrogen-bond donors (Lipinski definition) is 3. The zero-order valence-corrected chi connectivity index (χ0v) is 15.2. The molecule has 3 N–H and O–H groups in total. The molecule has 3 aromatic rings. The largest absolute Gasteiger partial charge is 0.322 e. The number of nitrogens with one attached hydrogen (secondary N) is 3. The van der Waals surface area contributed by atoms with Gasteiger partial charge in [0.25, 0.3) is 0 Å². The lowest BCUT2D eigenvalue weighted by atomic mass is 10.0. The average Bonchev–Trinajstić information content (AvgIpc) is 2.99. The number of aromatic nitrogens is 3. The van der Waals surface area contributed by atoms with Crippen LogP contribution in [0.15, 0.2) is 48.8 Å². The van der Waals surface area contributed by atoms with Gasteiger partial charge in [0, 0.05) is 18.4 Å². The van der Waals surface area contributed by atoms with Crippen molar-refractivity contribution in [3.05, 3.63) is 65.7 Å². The molecule has 0 aliphatic heterocycles. The van der Waals surface area contributed by atoms with E-state index in [9.17, 15) is 4.79 Å². The van der Waals surface area contributed by atoms with Gasteiger partial charge in [-0.3, -0.25) is 14.9 Å². The number of carbonyl (C=O) groups excluding carboxylic acids is 1. The minimum atomic E-state index is -0.0866. The number of anilines is 1. The Morgan fingerprint density at radius 1 is 1.15 bits per heavy atom. The molecule has 3 rings (SSSR count). The Morgan fingerprint density at radius 3 is 2.54 bits per heavy atom. The summed E-state index contributed by atoms with van der Waals surface area (Å²) in [5.41, 5.74) is 5.73. The Kier molecular flexibility index (Phi) is 5.43. The summed E-state index contributed by atoms with van der Waals surface area (Å²) in [6.07, 6.45) is 3.61. The second kappa shape index (κ2) is 7.93. The van der Waals surface area contributed by atoms with Crippen LogP contribution in [0, 0.1) is 13.8 Å². The number of benzene rings is 1. The van der Waals surface area contributed by atoms with E-state index >= 15 is 0 Å². The van der Waals surface area contributed by atoms with Crippen molar-refractivity contribution >= 4 is 11.6 Å². The van der Waals surface area contributed by atoms with E-state index in [0.717, 1.165) is 33.8 Å². The van der Waals surface area contributed by atoms with E-state index in [0.29, 0.717) is 0 Å². The lowest BCUT2D eigenvalue weighted by Crippen LogP contribution is -2.30. The zero-order valence-electron chi connectivity index (χ0n) is 15.2. The van der Waals surface area contributed by atoms with E-state index < -0.39 is 0 Å². The Labute approximate surface area is 153 Å². The van der Waals surface area contributed by atoms with Crippen molar-refractivity contribution in [2.75, 3.05) is 11.9 Å². The number of carbonyl (C=O) groups is 1. The van der Waals surface area contributed by atoms with Gasteiger partial charge in [0.1, 0.15) is 0 Å². The van der Waals surface area contributed by atoms with E-state index in [4.69, 9.17) is 0 Å². The molecular weight excluding hydrogens is 326 g/mol. The molecule has 2 heterocycles. The number of H-pyrrole nitrogens is 1. The summed E-state index contributed by atoms with van der Waals surface area (Å²) in [6.45, 7) is 6.02. The first-order chi connectivity index (χ1) is 12.5. The summed E-state index contributed by atoms with van der Waals surface area (Å²) < 4.78 is 0. The number of amides is 1. The van der Waals surface area contributed by atoms with Crippen LogP contribution in [0.1, 0.15) is 29.9 Å². The van der Waals surface area contributed by atoms with Crippen LogP contribution in [0.5, 0.6) is 0 Å². The maximum absolute atomic E-state index is 12.2. The molecule has 6 nitrogen and oxygen atoms in total. The maximum atomic E-state index is 12.2. The van der Waals surface area contributed by atoms with Gasteiger partial charge in [-0.1, -0.05) is 30.3 Å². The van der Waals surface area contributed by atoms with Gasteiger partial charge >= 0.3 is 0 Å². The maximum Gasteiger partial charge on any atom is 0.238 e. The average molecular weight is 349 g/mol. The molecule has 0 fully saturated rings. The minimum absolute atomic E-state index is 0.0650. The summed E-state index contributed by atoms with van der Waals surface area (Å²) in [5, 5.41) is 13.1. The summed E-state index contributed by atoms with van der Waals surface area (Å²) >= 11 is 0. The first-order valence-corrected chi connectivity index (χ1v) is 8.59. The third-order valence-electron chi connectivity index (χ3n) is 4.37. The molecule has 134 valence electrons. The highest BCUT2D eigenvalue weighted by atomic mass is 16.1. The van der Waals surface area contributed by atoms with Crippen LogP contribution in [0.4, 0.5) is 5.69 Å². The fourth-order valence-electron chi connectivity index (χ4n) is 2.78. The number of aromatic amines is 1. The van der Waals surface area contributed by atoms with Crippen molar-refractivity contribution in [3.63, 3.8) is 0 Å². The number of rotatable bonds is 6. The van der Waals surface area contributed by atoms with Crippen molar-refractivity contribution in [2.45, 2.75) is 26.8 Å². The van der Waals surface area contributed by atoms with E-state index in [-0.39, 0.29) is 18.5 Å². The van der Waals surface area contributed by atoms with Crippen LogP contribution in [-0.2, 0) is 4.79 Å². The monoisotopic (exact) mass is 349 g/mol. The fraction of sp³-hybridized carbons (Fsp3) is 0.250. The van der Waals surface area contributed by atoms with Crippen molar-refractivity contribution in [3.8, 4) is 11.1 Å². The van der Waals surface area contributed by atoms with Crippen molar-refractivity contribution in [1.82, 2.24) is 20.5 Å². The lowest BCUT2D eigenvalue weighted by Gasteiger charge is -2.15. The van der Waals surface area contributed by atoms with E-state index in [1.165, 1.54) is 0 Å². The molecule has 1 unspecified atom stereocenters. The summed E-state index contributed by atoms with van der Waals surface area (Å²) in [7, 11) is 0. The molecule has 1 atom stereocenters. The van der Waals surface area contributed by atoms with Crippen LogP contribution in [0.3, 0.4) is 0 Å². The topological polar surface area (TPSA) is 82.7 Å². The molecule has 0 saturated heterocycles. The van der Waals surface area contributed by atoms with E-state index in [2.05, 4.69) is 50.1 Å². The summed E-state index contributed by atoms with van der Waals surface area (Å²) in [6, 6.07) is 12.3. The van der Waals surface area contributed by atoms with Gasteiger partial charge in [-0.2, -0.15) is 5.10 Å². The van der Waals surface area contributed by atoms with E-state index in [1.807, 2.05) is 39.1 Å². The Hall–Kier alpha value is -2.99. The SMILES string of the molecule is Cc1n[nH]c(C)c1NC(=O)CNC(C)c1ccc(-c2cccnc2)cc1. The van der Waals surface area contributed by atoms with Crippen LogP contribution in [0.2, 0.25) is 0 Å². The second-order valence-electron chi connectivity index (χ2n) is 6.32. The van der Waals surface area contributed by atoms with Crippen molar-refractivity contribution < 1.29 is 4.79 Å². The molecule has 0 spiro atoms. The minimum Gasteiger partial charge on any atom is -0.322 e. The molecule has 6 heteroatoms. The molecule has 26 heavy (non-hydrogen) atoms. The molecule has 0 saturated carbocycles. The molecule has 1 aromatic carbocycles. The molecule has 0 aliphatic carbocycles. The van der Waals surface area contributed by atoms with Gasteiger partial charge in [0.15, 0.2) is 0 Å². The summed E-state index contributed by atoms with van der Waals surface area (Å²) in [5.74, 6) is -0.0866. The molecule has 0 aliphatic rings. The molecular formula is C20H23N5O. The van der Waals surface area contributed by atoms with Gasteiger partial charge in [0.05, 0.1) is 23.6 Å². The lowest BCUT2D eigenvalue weighted by molar-refractivity contribution is -0.115. The number of nitrogens with zero attached hydrogens (tertiary/aromatic N) is 2. The fourth-order valence-corrected chi connectivity index (χ4v) is 2.78. The second-order valence-corrected chi connectivity index (χ2v) is 6.32. The van der Waals surface area contributed by atoms with Crippen LogP contribution in [0.25, 0.3) is 11.1 Å². The molecule has 2 aromatic heterocycles. The Morgan fingerprint density at radius 2 is 1.92 bits per heavy atom. The van der Waals surface area contributed by atoms with Gasteiger partial charge < -0.3 is 10.6 Å². The van der Waals surface area contributed by atoms with Gasteiger partial charge in [-0.25, -0.2) is 0 Å². The Bertz CT molecular complexity index is 851. The molecule has 0 bridgehead atoms.